The van der Waals surface area contributed by atoms with Crippen molar-refractivity contribution < 1.29 is 9.47 Å². The highest BCUT2D eigenvalue weighted by molar-refractivity contribution is 7.98. The summed E-state index contributed by atoms with van der Waals surface area (Å²) in [5, 5.41) is 3.90. The van der Waals surface area contributed by atoms with Crippen molar-refractivity contribution >= 4 is 23.4 Å². The Morgan fingerprint density at radius 1 is 1.21 bits per heavy atom. The minimum atomic E-state index is 0.743. The van der Waals surface area contributed by atoms with Crippen LogP contribution in [0.4, 0.5) is 11.6 Å². The van der Waals surface area contributed by atoms with Crippen LogP contribution in [0.3, 0.4) is 0 Å². The number of thioether (sulfide) groups is 1. The maximum Gasteiger partial charge on any atom is 0.191 e. The molecular formula is C17H22N4O2S. The van der Waals surface area contributed by atoms with E-state index in [9.17, 15) is 0 Å². The van der Waals surface area contributed by atoms with E-state index in [1.165, 1.54) is 5.56 Å². The first kappa shape index (κ1) is 16.9. The zero-order valence-electron chi connectivity index (χ0n) is 14.0. The molecule has 0 saturated carbocycles. The van der Waals surface area contributed by atoms with Gasteiger partial charge in [-0.25, -0.2) is 9.97 Å². The molecule has 128 valence electrons. The van der Waals surface area contributed by atoms with E-state index in [1.54, 1.807) is 18.9 Å². The van der Waals surface area contributed by atoms with Gasteiger partial charge in [-0.2, -0.15) is 0 Å². The molecule has 1 aliphatic rings. The largest absolute Gasteiger partial charge is 0.497 e. The summed E-state index contributed by atoms with van der Waals surface area (Å²) < 4.78 is 10.6. The Morgan fingerprint density at radius 3 is 2.62 bits per heavy atom. The molecular weight excluding hydrogens is 324 g/mol. The molecule has 1 aromatic carbocycles. The van der Waals surface area contributed by atoms with Gasteiger partial charge < -0.3 is 19.7 Å². The first-order chi connectivity index (χ1) is 11.8. The van der Waals surface area contributed by atoms with Gasteiger partial charge in [0.15, 0.2) is 5.16 Å². The number of methoxy groups -OCH3 is 1. The Labute approximate surface area is 146 Å². The Kier molecular flexibility index (Phi) is 5.77. The van der Waals surface area contributed by atoms with E-state index in [1.807, 2.05) is 25.2 Å². The maximum atomic E-state index is 5.42. The first-order valence-electron chi connectivity index (χ1n) is 7.94. The number of nitrogens with zero attached hydrogens (tertiary/aromatic N) is 3. The molecule has 0 bridgehead atoms. The first-order valence-corrected chi connectivity index (χ1v) is 8.92. The summed E-state index contributed by atoms with van der Waals surface area (Å²) in [7, 11) is 3.55. The third-order valence-electron chi connectivity index (χ3n) is 3.81. The number of rotatable bonds is 6. The SMILES string of the molecule is CNc1cc(N2CCOCC2)nc(SCc2ccc(OC)cc2)n1. The van der Waals surface area contributed by atoms with Gasteiger partial charge in [0.2, 0.25) is 0 Å². The Bertz CT molecular complexity index is 660. The lowest BCUT2D eigenvalue weighted by atomic mass is 10.2. The van der Waals surface area contributed by atoms with Gasteiger partial charge in [0.25, 0.3) is 0 Å². The zero-order valence-corrected chi connectivity index (χ0v) is 14.8. The Balaban J connectivity index is 1.71. The minimum absolute atomic E-state index is 0.743. The molecule has 2 heterocycles. The molecule has 24 heavy (non-hydrogen) atoms. The number of anilines is 2. The standard InChI is InChI=1S/C17H22N4O2S/c1-18-15-11-16(21-7-9-23-10-8-21)20-17(19-15)24-12-13-3-5-14(22-2)6-4-13/h3-6,11H,7-10,12H2,1-2H3,(H,18,19,20). The van der Waals surface area contributed by atoms with Crippen LogP contribution in [0.1, 0.15) is 5.56 Å². The highest BCUT2D eigenvalue weighted by Crippen LogP contribution is 2.25. The number of benzene rings is 1. The van der Waals surface area contributed by atoms with E-state index in [-0.39, 0.29) is 0 Å². The summed E-state index contributed by atoms with van der Waals surface area (Å²) in [6, 6.07) is 10.1. The third-order valence-corrected chi connectivity index (χ3v) is 4.73. The van der Waals surface area contributed by atoms with Gasteiger partial charge in [-0.15, -0.1) is 0 Å². The minimum Gasteiger partial charge on any atom is -0.497 e. The highest BCUT2D eigenvalue weighted by Gasteiger charge is 2.15. The molecule has 1 aromatic heterocycles. The Morgan fingerprint density at radius 2 is 1.96 bits per heavy atom. The van der Waals surface area contributed by atoms with Crippen molar-refractivity contribution in [2.45, 2.75) is 10.9 Å². The van der Waals surface area contributed by atoms with Crippen LogP contribution in [0.5, 0.6) is 5.75 Å². The lowest BCUT2D eigenvalue weighted by Crippen LogP contribution is -2.36. The molecule has 2 aromatic rings. The van der Waals surface area contributed by atoms with Gasteiger partial charge in [-0.1, -0.05) is 23.9 Å². The molecule has 6 nitrogen and oxygen atoms in total. The molecule has 1 aliphatic heterocycles. The van der Waals surface area contributed by atoms with Gasteiger partial charge in [0.05, 0.1) is 20.3 Å². The van der Waals surface area contributed by atoms with Crippen molar-refractivity contribution in [3.8, 4) is 5.75 Å². The summed E-state index contributed by atoms with van der Waals surface area (Å²) in [5.41, 5.74) is 1.21. The number of hydrogen-bond acceptors (Lipinski definition) is 7. The van der Waals surface area contributed by atoms with E-state index >= 15 is 0 Å². The molecule has 0 spiro atoms. The van der Waals surface area contributed by atoms with Crippen LogP contribution in [-0.4, -0.2) is 50.4 Å². The van der Waals surface area contributed by atoms with Gasteiger partial charge in [0, 0.05) is 32.0 Å². The Hall–Kier alpha value is -1.99. The van der Waals surface area contributed by atoms with E-state index in [2.05, 4.69) is 27.3 Å². The van der Waals surface area contributed by atoms with Crippen molar-refractivity contribution in [3.05, 3.63) is 35.9 Å². The second kappa shape index (κ2) is 8.21. The second-order valence-electron chi connectivity index (χ2n) is 5.38. The fraction of sp³-hybridized carbons (Fsp3) is 0.412. The number of ether oxygens (including phenoxy) is 2. The van der Waals surface area contributed by atoms with Crippen molar-refractivity contribution in [1.29, 1.82) is 0 Å². The van der Waals surface area contributed by atoms with Gasteiger partial charge in [-0.05, 0) is 17.7 Å². The summed E-state index contributed by atoms with van der Waals surface area (Å²) in [4.78, 5) is 11.5. The average molecular weight is 346 g/mol. The van der Waals surface area contributed by atoms with Crippen molar-refractivity contribution in [2.75, 3.05) is 50.7 Å². The van der Waals surface area contributed by atoms with Crippen molar-refractivity contribution in [3.63, 3.8) is 0 Å². The lowest BCUT2D eigenvalue weighted by molar-refractivity contribution is 0.122. The van der Waals surface area contributed by atoms with Crippen molar-refractivity contribution in [1.82, 2.24) is 9.97 Å². The molecule has 0 atom stereocenters. The maximum absolute atomic E-state index is 5.42. The molecule has 0 amide bonds. The number of morpholine rings is 1. The van der Waals surface area contributed by atoms with Crippen LogP contribution in [-0.2, 0) is 10.5 Å². The van der Waals surface area contributed by atoms with Crippen LogP contribution in [0.15, 0.2) is 35.5 Å². The van der Waals surface area contributed by atoms with Crippen molar-refractivity contribution in [2.24, 2.45) is 0 Å². The van der Waals surface area contributed by atoms with Gasteiger partial charge in [0.1, 0.15) is 17.4 Å². The third kappa shape index (κ3) is 4.30. The van der Waals surface area contributed by atoms with Crippen LogP contribution in [0.2, 0.25) is 0 Å². The predicted molar refractivity (Wildman–Crippen MR) is 97.2 cm³/mol. The zero-order chi connectivity index (χ0) is 16.8. The molecule has 1 fully saturated rings. The van der Waals surface area contributed by atoms with Gasteiger partial charge >= 0.3 is 0 Å². The molecule has 0 aliphatic carbocycles. The topological polar surface area (TPSA) is 59.5 Å². The van der Waals surface area contributed by atoms with E-state index in [4.69, 9.17) is 14.5 Å². The number of aromatic nitrogens is 2. The summed E-state index contributed by atoms with van der Waals surface area (Å²) in [6.45, 7) is 3.21. The molecule has 1 saturated heterocycles. The van der Waals surface area contributed by atoms with E-state index in [0.29, 0.717) is 0 Å². The van der Waals surface area contributed by atoms with Crippen LogP contribution < -0.4 is 15.0 Å². The van der Waals surface area contributed by atoms with Gasteiger partial charge in [-0.3, -0.25) is 0 Å². The molecule has 1 N–H and O–H groups in total. The van der Waals surface area contributed by atoms with Crippen LogP contribution in [0.25, 0.3) is 0 Å². The average Bonchev–Trinajstić information content (AvgIpc) is 2.67. The summed E-state index contributed by atoms with van der Waals surface area (Å²) in [6.07, 6.45) is 0. The van der Waals surface area contributed by atoms with Crippen LogP contribution in [0, 0.1) is 0 Å². The quantitative estimate of drug-likeness (QED) is 0.637. The summed E-state index contributed by atoms with van der Waals surface area (Å²) in [5.74, 6) is 3.48. The van der Waals surface area contributed by atoms with Crippen LogP contribution >= 0.6 is 11.8 Å². The number of hydrogen-bond donors (Lipinski definition) is 1. The smallest absolute Gasteiger partial charge is 0.191 e. The second-order valence-corrected chi connectivity index (χ2v) is 6.32. The number of nitrogens with one attached hydrogen (secondary N) is 1. The van der Waals surface area contributed by atoms with E-state index < -0.39 is 0 Å². The molecule has 3 rings (SSSR count). The molecule has 7 heteroatoms. The normalized spacial score (nSPS) is 14.5. The monoisotopic (exact) mass is 346 g/mol. The molecule has 0 unspecified atom stereocenters. The molecule has 0 radical (unpaired) electrons. The highest BCUT2D eigenvalue weighted by atomic mass is 32.2. The lowest BCUT2D eigenvalue weighted by Gasteiger charge is -2.28. The fourth-order valence-corrected chi connectivity index (χ4v) is 3.24. The fourth-order valence-electron chi connectivity index (χ4n) is 2.43. The predicted octanol–water partition coefficient (Wildman–Crippen LogP) is 2.66. The van der Waals surface area contributed by atoms with E-state index in [0.717, 1.165) is 54.6 Å². The summed E-state index contributed by atoms with van der Waals surface area (Å²) >= 11 is 1.63.